The number of hydrogen-bond donors (Lipinski definition) is 1. The lowest BCUT2D eigenvalue weighted by atomic mass is 10.1. The van der Waals surface area contributed by atoms with Gasteiger partial charge >= 0.3 is 0 Å². The van der Waals surface area contributed by atoms with E-state index in [0.717, 1.165) is 34.2 Å². The normalized spacial score (nSPS) is 12.2. The van der Waals surface area contributed by atoms with Crippen LogP contribution >= 0.6 is 0 Å². The van der Waals surface area contributed by atoms with Crippen molar-refractivity contribution in [1.29, 1.82) is 0 Å². The number of nitrogens with zero attached hydrogens (tertiary/aromatic N) is 5. The molecule has 0 spiro atoms. The lowest BCUT2D eigenvalue weighted by Gasteiger charge is -2.30. The van der Waals surface area contributed by atoms with Gasteiger partial charge in [-0.1, -0.05) is 48.9 Å². The van der Waals surface area contributed by atoms with E-state index in [4.69, 9.17) is 4.74 Å². The predicted octanol–water partition coefficient (Wildman–Crippen LogP) is 5.17. The van der Waals surface area contributed by atoms with Gasteiger partial charge in [0.2, 0.25) is 0 Å². The van der Waals surface area contributed by atoms with E-state index in [9.17, 15) is 9.18 Å². The number of benzene rings is 3. The van der Waals surface area contributed by atoms with Gasteiger partial charge < -0.3 is 9.72 Å². The summed E-state index contributed by atoms with van der Waals surface area (Å²) >= 11 is 0. The summed E-state index contributed by atoms with van der Waals surface area (Å²) in [5, 5.41) is 13.5. The van der Waals surface area contributed by atoms with E-state index >= 15 is 0 Å². The molecule has 0 bridgehead atoms. The van der Waals surface area contributed by atoms with Gasteiger partial charge in [0.15, 0.2) is 5.82 Å². The summed E-state index contributed by atoms with van der Waals surface area (Å²) in [6.45, 7) is 5.53. The fourth-order valence-corrected chi connectivity index (χ4v) is 4.83. The number of aromatic nitrogens is 5. The Morgan fingerprint density at radius 1 is 1.00 bits per heavy atom. The summed E-state index contributed by atoms with van der Waals surface area (Å²) in [6, 6.07) is 22.0. The van der Waals surface area contributed by atoms with Crippen molar-refractivity contribution >= 4 is 10.9 Å². The molecule has 0 fully saturated rings. The summed E-state index contributed by atoms with van der Waals surface area (Å²) in [6.07, 6.45) is 0.717. The van der Waals surface area contributed by atoms with Crippen LogP contribution in [0.1, 0.15) is 47.5 Å². The standard InChI is InChI=1S/C30H31FN6O2/c1-4-28(29-33-34-35-37(29)18-22-9-11-25(31)12-10-22)36(17-21-7-5-20(2)6-8-21)19-24-15-23-16-26(39-3)13-14-27(23)32-30(24)38/h5-16,28H,4,17-19H2,1-3H3,(H,32,38). The van der Waals surface area contributed by atoms with Gasteiger partial charge in [0.25, 0.3) is 5.56 Å². The number of rotatable bonds is 10. The van der Waals surface area contributed by atoms with E-state index in [1.165, 1.54) is 17.7 Å². The topological polar surface area (TPSA) is 88.9 Å². The number of methoxy groups -OCH3 is 1. The molecule has 200 valence electrons. The highest BCUT2D eigenvalue weighted by Gasteiger charge is 2.26. The maximum atomic E-state index is 13.5. The number of aromatic amines is 1. The Morgan fingerprint density at radius 3 is 2.46 bits per heavy atom. The molecule has 0 aliphatic carbocycles. The van der Waals surface area contributed by atoms with Crippen molar-refractivity contribution in [2.75, 3.05) is 7.11 Å². The highest BCUT2D eigenvalue weighted by Crippen LogP contribution is 2.27. The van der Waals surface area contributed by atoms with Gasteiger partial charge in [-0.3, -0.25) is 9.69 Å². The first kappa shape index (κ1) is 26.2. The second kappa shape index (κ2) is 11.6. The molecule has 3 aromatic carbocycles. The fraction of sp³-hybridized carbons (Fsp3) is 0.267. The molecule has 5 aromatic rings. The number of fused-ring (bicyclic) bond motifs is 1. The van der Waals surface area contributed by atoms with Crippen molar-refractivity contribution in [3.63, 3.8) is 0 Å². The minimum Gasteiger partial charge on any atom is -0.497 e. The van der Waals surface area contributed by atoms with Crippen LogP contribution in [0.4, 0.5) is 4.39 Å². The average Bonchev–Trinajstić information content (AvgIpc) is 3.39. The molecule has 0 amide bonds. The Morgan fingerprint density at radius 2 is 1.74 bits per heavy atom. The second-order valence-electron chi connectivity index (χ2n) is 9.71. The lowest BCUT2D eigenvalue weighted by Crippen LogP contribution is -2.32. The zero-order valence-electron chi connectivity index (χ0n) is 22.3. The van der Waals surface area contributed by atoms with E-state index < -0.39 is 0 Å². The second-order valence-corrected chi connectivity index (χ2v) is 9.71. The number of nitrogens with one attached hydrogen (secondary N) is 1. The van der Waals surface area contributed by atoms with E-state index in [2.05, 4.69) is 63.5 Å². The van der Waals surface area contributed by atoms with Gasteiger partial charge in [0, 0.05) is 29.6 Å². The summed E-state index contributed by atoms with van der Waals surface area (Å²) in [5.74, 6) is 1.13. The Hall–Kier alpha value is -4.37. The highest BCUT2D eigenvalue weighted by molar-refractivity contribution is 5.80. The summed E-state index contributed by atoms with van der Waals surface area (Å²) in [4.78, 5) is 18.4. The molecule has 0 saturated heterocycles. The van der Waals surface area contributed by atoms with Crippen LogP contribution in [-0.2, 0) is 19.6 Å². The molecule has 2 aromatic heterocycles. The molecule has 0 aliphatic rings. The highest BCUT2D eigenvalue weighted by atomic mass is 19.1. The zero-order chi connectivity index (χ0) is 27.4. The Labute approximate surface area is 226 Å². The quantitative estimate of drug-likeness (QED) is 0.270. The molecule has 0 radical (unpaired) electrons. The van der Waals surface area contributed by atoms with E-state index in [-0.39, 0.29) is 17.4 Å². The van der Waals surface area contributed by atoms with Crippen LogP contribution in [0.2, 0.25) is 0 Å². The van der Waals surface area contributed by atoms with Crippen LogP contribution in [0.15, 0.2) is 77.6 Å². The van der Waals surface area contributed by atoms with Gasteiger partial charge in [-0.2, -0.15) is 0 Å². The van der Waals surface area contributed by atoms with Crippen molar-refractivity contribution < 1.29 is 9.13 Å². The minimum absolute atomic E-state index is 0.137. The molecule has 1 atom stereocenters. The van der Waals surface area contributed by atoms with Gasteiger partial charge in [0.05, 0.1) is 19.7 Å². The fourth-order valence-electron chi connectivity index (χ4n) is 4.83. The Bertz CT molecular complexity index is 1610. The summed E-state index contributed by atoms with van der Waals surface area (Å²) in [5.41, 5.74) is 4.45. The summed E-state index contributed by atoms with van der Waals surface area (Å²) < 4.78 is 20.6. The third kappa shape index (κ3) is 6.04. The van der Waals surface area contributed by atoms with Gasteiger partial charge in [0.1, 0.15) is 11.6 Å². The van der Waals surface area contributed by atoms with Crippen LogP contribution in [-0.4, -0.2) is 37.2 Å². The van der Waals surface area contributed by atoms with Crippen LogP contribution in [0.25, 0.3) is 10.9 Å². The van der Waals surface area contributed by atoms with E-state index in [1.807, 2.05) is 24.3 Å². The first-order chi connectivity index (χ1) is 18.9. The monoisotopic (exact) mass is 526 g/mol. The molecule has 5 rings (SSSR count). The first-order valence-corrected chi connectivity index (χ1v) is 12.9. The molecule has 9 heteroatoms. The van der Waals surface area contributed by atoms with Crippen molar-refractivity contribution in [2.24, 2.45) is 0 Å². The van der Waals surface area contributed by atoms with E-state index in [1.54, 1.807) is 23.9 Å². The number of halogens is 1. The smallest absolute Gasteiger partial charge is 0.252 e. The zero-order valence-corrected chi connectivity index (χ0v) is 22.3. The molecule has 39 heavy (non-hydrogen) atoms. The van der Waals surface area contributed by atoms with Gasteiger partial charge in [-0.25, -0.2) is 9.07 Å². The number of tetrazole rings is 1. The van der Waals surface area contributed by atoms with Crippen molar-refractivity contribution in [2.45, 2.75) is 45.9 Å². The van der Waals surface area contributed by atoms with Crippen molar-refractivity contribution in [3.05, 3.63) is 117 Å². The largest absolute Gasteiger partial charge is 0.497 e. The molecule has 8 nitrogen and oxygen atoms in total. The van der Waals surface area contributed by atoms with Crippen LogP contribution in [0.5, 0.6) is 5.75 Å². The molecular weight excluding hydrogens is 495 g/mol. The molecule has 1 unspecified atom stereocenters. The van der Waals surface area contributed by atoms with Gasteiger partial charge in [-0.05, 0) is 71.3 Å². The minimum atomic E-state index is -0.287. The Kier molecular flexibility index (Phi) is 7.79. The predicted molar refractivity (Wildman–Crippen MR) is 148 cm³/mol. The molecule has 0 aliphatic heterocycles. The van der Waals surface area contributed by atoms with Crippen LogP contribution < -0.4 is 10.3 Å². The average molecular weight is 527 g/mol. The Balaban J connectivity index is 1.52. The van der Waals surface area contributed by atoms with Crippen LogP contribution in [0.3, 0.4) is 0 Å². The number of hydrogen-bond acceptors (Lipinski definition) is 6. The van der Waals surface area contributed by atoms with Gasteiger partial charge in [-0.15, -0.1) is 5.10 Å². The molecular formula is C30H31FN6O2. The summed E-state index contributed by atoms with van der Waals surface area (Å²) in [7, 11) is 1.62. The maximum Gasteiger partial charge on any atom is 0.252 e. The van der Waals surface area contributed by atoms with Crippen molar-refractivity contribution in [3.8, 4) is 5.75 Å². The number of aryl methyl sites for hydroxylation is 1. The number of ether oxygens (including phenoxy) is 1. The maximum absolute atomic E-state index is 13.5. The van der Waals surface area contributed by atoms with E-state index in [0.29, 0.717) is 31.0 Å². The molecule has 1 N–H and O–H groups in total. The molecule has 2 heterocycles. The van der Waals surface area contributed by atoms with Crippen molar-refractivity contribution in [1.82, 2.24) is 30.1 Å². The SMILES string of the molecule is CCC(c1nnnn1Cc1ccc(F)cc1)N(Cc1ccc(C)cc1)Cc1cc2cc(OC)ccc2[nH]c1=O. The number of H-pyrrole nitrogens is 1. The molecule has 0 saturated carbocycles. The third-order valence-electron chi connectivity index (χ3n) is 6.94. The number of pyridine rings is 1. The lowest BCUT2D eigenvalue weighted by molar-refractivity contribution is 0.161. The van der Waals surface area contributed by atoms with Crippen LogP contribution in [0, 0.1) is 12.7 Å². The third-order valence-corrected chi connectivity index (χ3v) is 6.94. The first-order valence-electron chi connectivity index (χ1n) is 12.9.